The van der Waals surface area contributed by atoms with Crippen LogP contribution in [0.4, 0.5) is 4.39 Å². The number of benzene rings is 1. The van der Waals surface area contributed by atoms with Crippen molar-refractivity contribution in [3.63, 3.8) is 0 Å². The Kier molecular flexibility index (Phi) is 3.81. The van der Waals surface area contributed by atoms with Crippen LogP contribution in [-0.4, -0.2) is 17.1 Å². The van der Waals surface area contributed by atoms with Crippen molar-refractivity contribution in [3.05, 3.63) is 53.7 Å². The van der Waals surface area contributed by atoms with Gasteiger partial charge in [-0.15, -0.1) is 0 Å². The Labute approximate surface area is 104 Å². The fourth-order valence-electron chi connectivity index (χ4n) is 1.66. The number of hydrazine groups is 1. The third-order valence-electron chi connectivity index (χ3n) is 2.52. The predicted molar refractivity (Wildman–Crippen MR) is 64.2 cm³/mol. The second-order valence-electron chi connectivity index (χ2n) is 3.64. The molecule has 1 heterocycles. The van der Waals surface area contributed by atoms with Crippen molar-refractivity contribution in [2.45, 2.75) is 6.04 Å². The molecule has 0 saturated heterocycles. The highest BCUT2D eigenvalue weighted by Gasteiger charge is 2.15. The van der Waals surface area contributed by atoms with Crippen molar-refractivity contribution in [1.82, 2.24) is 15.4 Å². The number of nitrogens with two attached hydrogens (primary N) is 1. The van der Waals surface area contributed by atoms with Crippen LogP contribution >= 0.6 is 0 Å². The molecule has 1 aromatic carbocycles. The maximum atomic E-state index is 13.2. The molecule has 1 aromatic heterocycles. The molecule has 0 radical (unpaired) electrons. The van der Waals surface area contributed by atoms with Gasteiger partial charge >= 0.3 is 0 Å². The summed E-state index contributed by atoms with van der Waals surface area (Å²) in [5, 5.41) is 0. The lowest BCUT2D eigenvalue weighted by atomic mass is 10.0. The Balaban J connectivity index is 2.38. The van der Waals surface area contributed by atoms with Gasteiger partial charge in [0.25, 0.3) is 0 Å². The number of methoxy groups -OCH3 is 1. The van der Waals surface area contributed by atoms with E-state index in [4.69, 9.17) is 10.6 Å². The lowest BCUT2D eigenvalue weighted by Gasteiger charge is -2.16. The summed E-state index contributed by atoms with van der Waals surface area (Å²) in [5.74, 6) is 5.61. The minimum Gasteiger partial charge on any atom is -0.481 e. The highest BCUT2D eigenvalue weighted by atomic mass is 19.1. The average Bonchev–Trinajstić information content (AvgIpc) is 2.40. The monoisotopic (exact) mass is 248 g/mol. The zero-order chi connectivity index (χ0) is 13.0. The molecule has 1 unspecified atom stereocenters. The molecule has 0 spiro atoms. The van der Waals surface area contributed by atoms with Crippen LogP contribution in [-0.2, 0) is 0 Å². The summed E-state index contributed by atoms with van der Waals surface area (Å²) < 4.78 is 18.2. The van der Waals surface area contributed by atoms with Crippen molar-refractivity contribution in [2.24, 2.45) is 5.84 Å². The summed E-state index contributed by atoms with van der Waals surface area (Å²) in [6, 6.07) is 7.39. The van der Waals surface area contributed by atoms with Crippen molar-refractivity contribution < 1.29 is 9.13 Å². The van der Waals surface area contributed by atoms with Crippen molar-refractivity contribution in [1.29, 1.82) is 0 Å². The summed E-state index contributed by atoms with van der Waals surface area (Å²) >= 11 is 0. The summed E-state index contributed by atoms with van der Waals surface area (Å²) in [4.78, 5) is 8.02. The van der Waals surface area contributed by atoms with Gasteiger partial charge in [0.1, 0.15) is 12.1 Å². The van der Waals surface area contributed by atoms with Gasteiger partial charge in [-0.1, -0.05) is 12.1 Å². The van der Waals surface area contributed by atoms with Crippen LogP contribution < -0.4 is 16.0 Å². The van der Waals surface area contributed by atoms with E-state index >= 15 is 0 Å². The Bertz CT molecular complexity index is 535. The van der Waals surface area contributed by atoms with Crippen LogP contribution in [0.5, 0.6) is 5.88 Å². The Hall–Kier alpha value is -2.05. The Morgan fingerprint density at radius 2 is 2.17 bits per heavy atom. The van der Waals surface area contributed by atoms with Crippen LogP contribution in [0.2, 0.25) is 0 Å². The molecule has 18 heavy (non-hydrogen) atoms. The highest BCUT2D eigenvalue weighted by Crippen LogP contribution is 2.21. The van der Waals surface area contributed by atoms with Crippen LogP contribution in [0.3, 0.4) is 0 Å². The Morgan fingerprint density at radius 1 is 1.33 bits per heavy atom. The topological polar surface area (TPSA) is 73.1 Å². The standard InChI is InChI=1S/C12H13FN4O/c1-18-11-6-10(15-7-16-11)12(17-14)8-3-2-4-9(13)5-8/h2-7,12,17H,14H2,1H3. The first-order valence-electron chi connectivity index (χ1n) is 5.32. The molecule has 5 nitrogen and oxygen atoms in total. The van der Waals surface area contributed by atoms with Gasteiger partial charge in [0.15, 0.2) is 0 Å². The van der Waals surface area contributed by atoms with Gasteiger partial charge in [-0.3, -0.25) is 5.84 Å². The van der Waals surface area contributed by atoms with E-state index in [1.165, 1.54) is 25.6 Å². The first kappa shape index (κ1) is 12.4. The van der Waals surface area contributed by atoms with Gasteiger partial charge in [-0.2, -0.15) is 0 Å². The third-order valence-corrected chi connectivity index (χ3v) is 2.52. The summed E-state index contributed by atoms with van der Waals surface area (Å²) in [5.41, 5.74) is 3.89. The molecule has 0 aliphatic carbocycles. The number of hydrogen-bond acceptors (Lipinski definition) is 5. The molecule has 6 heteroatoms. The van der Waals surface area contributed by atoms with Gasteiger partial charge in [-0.25, -0.2) is 19.8 Å². The number of rotatable bonds is 4. The number of hydrogen-bond donors (Lipinski definition) is 2. The molecule has 0 bridgehead atoms. The van der Waals surface area contributed by atoms with Gasteiger partial charge in [0.2, 0.25) is 5.88 Å². The molecule has 0 aliphatic heterocycles. The van der Waals surface area contributed by atoms with Crippen LogP contribution in [0.15, 0.2) is 36.7 Å². The van der Waals surface area contributed by atoms with Gasteiger partial charge in [0.05, 0.1) is 18.8 Å². The number of ether oxygens (including phenoxy) is 1. The third kappa shape index (κ3) is 2.61. The fourth-order valence-corrected chi connectivity index (χ4v) is 1.66. The zero-order valence-corrected chi connectivity index (χ0v) is 9.80. The molecule has 2 aromatic rings. The number of nitrogens with zero attached hydrogens (tertiary/aromatic N) is 2. The predicted octanol–water partition coefficient (Wildman–Crippen LogP) is 1.18. The van der Waals surface area contributed by atoms with E-state index in [0.29, 0.717) is 17.1 Å². The minimum atomic E-state index is -0.419. The maximum absolute atomic E-state index is 13.2. The van der Waals surface area contributed by atoms with E-state index in [-0.39, 0.29) is 5.82 Å². The van der Waals surface area contributed by atoms with Crippen molar-refractivity contribution >= 4 is 0 Å². The number of halogens is 1. The highest BCUT2D eigenvalue weighted by molar-refractivity contribution is 5.29. The second-order valence-corrected chi connectivity index (χ2v) is 3.64. The van der Waals surface area contributed by atoms with Gasteiger partial charge < -0.3 is 4.74 Å². The molecule has 1 atom stereocenters. The van der Waals surface area contributed by atoms with Crippen LogP contribution in [0.25, 0.3) is 0 Å². The number of nitrogens with one attached hydrogen (secondary N) is 1. The number of aromatic nitrogens is 2. The molecular weight excluding hydrogens is 235 g/mol. The SMILES string of the molecule is COc1cc(C(NN)c2cccc(F)c2)ncn1. The summed E-state index contributed by atoms with van der Waals surface area (Å²) in [6.45, 7) is 0. The van der Waals surface area contributed by atoms with Crippen LogP contribution in [0, 0.1) is 5.82 Å². The van der Waals surface area contributed by atoms with Gasteiger partial charge in [-0.05, 0) is 17.7 Å². The van der Waals surface area contributed by atoms with Crippen LogP contribution in [0.1, 0.15) is 17.3 Å². The largest absolute Gasteiger partial charge is 0.481 e. The molecule has 0 aliphatic rings. The fraction of sp³-hybridized carbons (Fsp3) is 0.167. The van der Waals surface area contributed by atoms with Crippen molar-refractivity contribution in [3.8, 4) is 5.88 Å². The molecule has 0 fully saturated rings. The van der Waals surface area contributed by atoms with E-state index in [0.717, 1.165) is 0 Å². The zero-order valence-electron chi connectivity index (χ0n) is 9.80. The summed E-state index contributed by atoms with van der Waals surface area (Å²) in [7, 11) is 1.51. The molecule has 0 amide bonds. The molecule has 3 N–H and O–H groups in total. The summed E-state index contributed by atoms with van der Waals surface area (Å²) in [6.07, 6.45) is 1.37. The van der Waals surface area contributed by atoms with E-state index in [1.807, 2.05) is 0 Å². The molecular formula is C12H13FN4O. The van der Waals surface area contributed by atoms with Gasteiger partial charge in [0, 0.05) is 6.07 Å². The molecule has 0 saturated carbocycles. The van der Waals surface area contributed by atoms with E-state index in [9.17, 15) is 4.39 Å². The normalized spacial score (nSPS) is 12.2. The second kappa shape index (κ2) is 5.52. The minimum absolute atomic E-state index is 0.325. The molecule has 94 valence electrons. The van der Waals surface area contributed by atoms with E-state index in [1.54, 1.807) is 18.2 Å². The quantitative estimate of drug-likeness (QED) is 0.628. The smallest absolute Gasteiger partial charge is 0.216 e. The first-order valence-corrected chi connectivity index (χ1v) is 5.32. The first-order chi connectivity index (χ1) is 8.74. The van der Waals surface area contributed by atoms with E-state index in [2.05, 4.69) is 15.4 Å². The maximum Gasteiger partial charge on any atom is 0.216 e. The molecule has 2 rings (SSSR count). The Morgan fingerprint density at radius 3 is 2.83 bits per heavy atom. The van der Waals surface area contributed by atoms with Crippen molar-refractivity contribution in [2.75, 3.05) is 7.11 Å². The lowest BCUT2D eigenvalue weighted by molar-refractivity contribution is 0.395. The van der Waals surface area contributed by atoms with E-state index < -0.39 is 6.04 Å². The average molecular weight is 248 g/mol. The lowest BCUT2D eigenvalue weighted by Crippen LogP contribution is -2.29.